The molecule has 1 amide bonds. The van der Waals surface area contributed by atoms with Gasteiger partial charge in [0.1, 0.15) is 6.26 Å². The molecular weight excluding hydrogens is 406 g/mol. The van der Waals surface area contributed by atoms with E-state index in [2.05, 4.69) is 57.9 Å². The van der Waals surface area contributed by atoms with Crippen molar-refractivity contribution >= 4 is 5.91 Å². The Hall–Kier alpha value is -2.26. The standard InChI is InChI=1S/C24H35N5O3/c1-20-4-3-5-21(16-20)17-28(9-8-27-12-14-31-15-13-27)18-23-25-22(19-32-23)24(30)29-10-6-26(2)7-11-29/h3-5,16,19H,6-15,17-18H2,1-2H3. The van der Waals surface area contributed by atoms with Crippen molar-refractivity contribution in [2.75, 3.05) is 72.6 Å². The zero-order chi connectivity index (χ0) is 22.3. The topological polar surface area (TPSA) is 65.3 Å². The Bertz CT molecular complexity index is 872. The first-order valence-electron chi connectivity index (χ1n) is 11.6. The van der Waals surface area contributed by atoms with Crippen molar-refractivity contribution in [2.24, 2.45) is 0 Å². The number of oxazole rings is 1. The van der Waals surface area contributed by atoms with Gasteiger partial charge in [-0.05, 0) is 19.5 Å². The zero-order valence-electron chi connectivity index (χ0n) is 19.3. The van der Waals surface area contributed by atoms with E-state index in [1.54, 1.807) is 0 Å². The smallest absolute Gasteiger partial charge is 0.275 e. The summed E-state index contributed by atoms with van der Waals surface area (Å²) in [7, 11) is 2.08. The van der Waals surface area contributed by atoms with Crippen LogP contribution in [0, 0.1) is 6.92 Å². The monoisotopic (exact) mass is 441 g/mol. The quantitative estimate of drug-likeness (QED) is 0.618. The van der Waals surface area contributed by atoms with E-state index in [4.69, 9.17) is 9.15 Å². The minimum atomic E-state index is -0.0355. The average Bonchev–Trinajstić information content (AvgIpc) is 3.27. The minimum absolute atomic E-state index is 0.0355. The van der Waals surface area contributed by atoms with Crippen LogP contribution in [0.15, 0.2) is 34.9 Å². The fourth-order valence-corrected chi connectivity index (χ4v) is 4.23. The number of nitrogens with zero attached hydrogens (tertiary/aromatic N) is 5. The first-order chi connectivity index (χ1) is 15.6. The first kappa shape index (κ1) is 22.9. The van der Waals surface area contributed by atoms with E-state index in [1.165, 1.54) is 17.4 Å². The fourth-order valence-electron chi connectivity index (χ4n) is 4.23. The second-order valence-electron chi connectivity index (χ2n) is 8.88. The van der Waals surface area contributed by atoms with Gasteiger partial charge >= 0.3 is 0 Å². The normalized spacial score (nSPS) is 18.4. The second kappa shape index (κ2) is 11.0. The van der Waals surface area contributed by atoms with Gasteiger partial charge in [-0.1, -0.05) is 29.8 Å². The molecule has 1 aromatic heterocycles. The lowest BCUT2D eigenvalue weighted by Gasteiger charge is -2.31. The number of rotatable bonds is 8. The maximum absolute atomic E-state index is 12.8. The number of hydrogen-bond donors (Lipinski definition) is 0. The molecule has 0 saturated carbocycles. The van der Waals surface area contributed by atoms with Crippen molar-refractivity contribution < 1.29 is 13.9 Å². The molecule has 0 N–H and O–H groups in total. The van der Waals surface area contributed by atoms with Crippen LogP contribution in [0.25, 0.3) is 0 Å². The van der Waals surface area contributed by atoms with E-state index < -0.39 is 0 Å². The summed E-state index contributed by atoms with van der Waals surface area (Å²) in [5.74, 6) is 0.559. The van der Waals surface area contributed by atoms with E-state index in [-0.39, 0.29) is 5.91 Å². The Kier molecular flexibility index (Phi) is 7.91. The van der Waals surface area contributed by atoms with Gasteiger partial charge < -0.3 is 19.0 Å². The molecule has 2 saturated heterocycles. The van der Waals surface area contributed by atoms with Crippen LogP contribution in [0.4, 0.5) is 0 Å². The van der Waals surface area contributed by atoms with E-state index in [0.717, 1.165) is 72.1 Å². The molecule has 2 fully saturated rings. The molecule has 32 heavy (non-hydrogen) atoms. The van der Waals surface area contributed by atoms with Crippen LogP contribution in [0.1, 0.15) is 27.5 Å². The molecule has 0 unspecified atom stereocenters. The van der Waals surface area contributed by atoms with Crippen molar-refractivity contribution in [2.45, 2.75) is 20.0 Å². The van der Waals surface area contributed by atoms with Crippen molar-refractivity contribution in [1.82, 2.24) is 24.6 Å². The van der Waals surface area contributed by atoms with Crippen molar-refractivity contribution in [3.63, 3.8) is 0 Å². The number of piperazine rings is 1. The van der Waals surface area contributed by atoms with Crippen molar-refractivity contribution in [3.8, 4) is 0 Å². The first-order valence-corrected chi connectivity index (χ1v) is 11.6. The summed E-state index contributed by atoms with van der Waals surface area (Å²) in [5, 5.41) is 0. The largest absolute Gasteiger partial charge is 0.447 e. The molecule has 2 aromatic rings. The Morgan fingerprint density at radius 3 is 2.62 bits per heavy atom. The molecule has 174 valence electrons. The Balaban J connectivity index is 1.39. The molecule has 8 heteroatoms. The summed E-state index contributed by atoms with van der Waals surface area (Å²) in [6.45, 7) is 12.2. The van der Waals surface area contributed by atoms with Crippen LogP contribution in [0.3, 0.4) is 0 Å². The number of morpholine rings is 1. The minimum Gasteiger partial charge on any atom is -0.447 e. The number of aromatic nitrogens is 1. The van der Waals surface area contributed by atoms with Gasteiger partial charge in [0.05, 0.1) is 19.8 Å². The molecule has 1 aromatic carbocycles. The molecule has 0 spiro atoms. The van der Waals surface area contributed by atoms with Crippen LogP contribution < -0.4 is 0 Å². The lowest BCUT2D eigenvalue weighted by atomic mass is 10.1. The van der Waals surface area contributed by atoms with E-state index in [1.807, 2.05) is 4.90 Å². The Morgan fingerprint density at radius 2 is 1.88 bits per heavy atom. The van der Waals surface area contributed by atoms with Crippen LogP contribution in [0.2, 0.25) is 0 Å². The zero-order valence-corrected chi connectivity index (χ0v) is 19.3. The number of hydrogen-bond acceptors (Lipinski definition) is 7. The molecule has 0 bridgehead atoms. The molecule has 0 aliphatic carbocycles. The molecule has 8 nitrogen and oxygen atoms in total. The Morgan fingerprint density at radius 1 is 1.09 bits per heavy atom. The third-order valence-electron chi connectivity index (χ3n) is 6.25. The third kappa shape index (κ3) is 6.38. The van der Waals surface area contributed by atoms with E-state index in [0.29, 0.717) is 18.1 Å². The molecule has 0 radical (unpaired) electrons. The SMILES string of the molecule is Cc1cccc(CN(CCN2CCOCC2)Cc2nc(C(=O)N3CCN(C)CC3)co2)c1. The summed E-state index contributed by atoms with van der Waals surface area (Å²) in [5.41, 5.74) is 2.94. The number of likely N-dealkylation sites (N-methyl/N-ethyl adjacent to an activating group) is 1. The fraction of sp³-hybridized carbons (Fsp3) is 0.583. The maximum atomic E-state index is 12.8. The Labute approximate surface area is 190 Å². The van der Waals surface area contributed by atoms with Gasteiger partial charge in [-0.2, -0.15) is 0 Å². The third-order valence-corrected chi connectivity index (χ3v) is 6.25. The van der Waals surface area contributed by atoms with Gasteiger partial charge in [0.25, 0.3) is 5.91 Å². The van der Waals surface area contributed by atoms with Gasteiger partial charge in [-0.15, -0.1) is 0 Å². The lowest BCUT2D eigenvalue weighted by Crippen LogP contribution is -2.47. The van der Waals surface area contributed by atoms with Crippen LogP contribution in [0.5, 0.6) is 0 Å². The molecule has 4 rings (SSSR count). The number of amides is 1. The average molecular weight is 442 g/mol. The van der Waals surface area contributed by atoms with Crippen molar-refractivity contribution in [1.29, 1.82) is 0 Å². The van der Waals surface area contributed by atoms with Crippen LogP contribution >= 0.6 is 0 Å². The number of carbonyl (C=O) groups excluding carboxylic acids is 1. The molecule has 3 heterocycles. The summed E-state index contributed by atoms with van der Waals surface area (Å²) < 4.78 is 11.2. The predicted octanol–water partition coefficient (Wildman–Crippen LogP) is 1.71. The number of carbonyl (C=O) groups is 1. The number of ether oxygens (including phenoxy) is 1. The van der Waals surface area contributed by atoms with Crippen LogP contribution in [-0.4, -0.2) is 103 Å². The highest BCUT2D eigenvalue weighted by Gasteiger charge is 2.24. The highest BCUT2D eigenvalue weighted by molar-refractivity contribution is 5.92. The molecule has 2 aliphatic rings. The lowest BCUT2D eigenvalue weighted by molar-refractivity contribution is 0.0320. The molecule has 0 atom stereocenters. The highest BCUT2D eigenvalue weighted by atomic mass is 16.5. The summed E-state index contributed by atoms with van der Waals surface area (Å²) in [4.78, 5) is 26.3. The molecule has 2 aliphatic heterocycles. The van der Waals surface area contributed by atoms with E-state index >= 15 is 0 Å². The number of aryl methyl sites for hydroxylation is 1. The summed E-state index contributed by atoms with van der Waals surface area (Å²) in [6, 6.07) is 8.60. The van der Waals surface area contributed by atoms with Gasteiger partial charge in [-0.25, -0.2) is 4.98 Å². The highest BCUT2D eigenvalue weighted by Crippen LogP contribution is 2.14. The summed E-state index contributed by atoms with van der Waals surface area (Å²) in [6.07, 6.45) is 1.52. The van der Waals surface area contributed by atoms with Gasteiger partial charge in [0, 0.05) is 58.9 Å². The van der Waals surface area contributed by atoms with Crippen molar-refractivity contribution in [3.05, 3.63) is 53.2 Å². The van der Waals surface area contributed by atoms with Gasteiger partial charge in [0.2, 0.25) is 5.89 Å². The van der Waals surface area contributed by atoms with Gasteiger partial charge in [0.15, 0.2) is 5.69 Å². The summed E-state index contributed by atoms with van der Waals surface area (Å²) >= 11 is 0. The predicted molar refractivity (Wildman–Crippen MR) is 122 cm³/mol. The number of benzene rings is 1. The van der Waals surface area contributed by atoms with Gasteiger partial charge in [-0.3, -0.25) is 14.6 Å². The maximum Gasteiger partial charge on any atom is 0.275 e. The molecular formula is C24H35N5O3. The van der Waals surface area contributed by atoms with E-state index in [9.17, 15) is 4.79 Å². The second-order valence-corrected chi connectivity index (χ2v) is 8.88. The van der Waals surface area contributed by atoms with Crippen LogP contribution in [-0.2, 0) is 17.8 Å².